The Bertz CT molecular complexity index is 675. The Kier molecular flexibility index (Phi) is 4.52. The Morgan fingerprint density at radius 3 is 2.90 bits per heavy atom. The first kappa shape index (κ1) is 14.3. The standard InChI is InChI=1S/C13H16N4O2S/c1-4-19-12-10(6-5-7-11(12)18-3)8-14-17-9(2)15-16-13(17)20/h5-8H,4H2,1-3H3,(H,16,20)/b14-8-. The van der Waals surface area contributed by atoms with Gasteiger partial charge < -0.3 is 9.47 Å². The van der Waals surface area contributed by atoms with Crippen LogP contribution < -0.4 is 9.47 Å². The van der Waals surface area contributed by atoms with Crippen LogP contribution in [0, 0.1) is 11.7 Å². The van der Waals surface area contributed by atoms with E-state index in [2.05, 4.69) is 15.3 Å². The second-order valence-electron chi connectivity index (χ2n) is 3.94. The number of methoxy groups -OCH3 is 1. The number of nitrogens with one attached hydrogen (secondary N) is 1. The average Bonchev–Trinajstić information content (AvgIpc) is 2.77. The summed E-state index contributed by atoms with van der Waals surface area (Å²) >= 11 is 5.10. The summed E-state index contributed by atoms with van der Waals surface area (Å²) in [7, 11) is 1.61. The van der Waals surface area contributed by atoms with E-state index in [1.54, 1.807) is 18.0 Å². The fraction of sp³-hybridized carbons (Fsp3) is 0.308. The van der Waals surface area contributed by atoms with Gasteiger partial charge in [0.2, 0.25) is 4.77 Å². The van der Waals surface area contributed by atoms with E-state index >= 15 is 0 Å². The van der Waals surface area contributed by atoms with Crippen LogP contribution in [0.25, 0.3) is 0 Å². The molecule has 1 heterocycles. The third-order valence-electron chi connectivity index (χ3n) is 2.64. The highest BCUT2D eigenvalue weighted by Crippen LogP contribution is 2.29. The van der Waals surface area contributed by atoms with Gasteiger partial charge in [0.05, 0.1) is 19.9 Å². The first-order valence-electron chi connectivity index (χ1n) is 6.15. The zero-order valence-corrected chi connectivity index (χ0v) is 12.4. The van der Waals surface area contributed by atoms with E-state index in [0.29, 0.717) is 28.7 Å². The van der Waals surface area contributed by atoms with Crippen molar-refractivity contribution in [2.75, 3.05) is 13.7 Å². The topological polar surface area (TPSA) is 64.4 Å². The number of benzene rings is 1. The molecule has 2 rings (SSSR count). The van der Waals surface area contributed by atoms with Gasteiger partial charge in [-0.25, -0.2) is 0 Å². The molecule has 0 aliphatic rings. The fourth-order valence-electron chi connectivity index (χ4n) is 1.72. The van der Waals surface area contributed by atoms with Gasteiger partial charge in [0.1, 0.15) is 5.82 Å². The molecule has 0 fully saturated rings. The van der Waals surface area contributed by atoms with E-state index < -0.39 is 0 Å². The minimum absolute atomic E-state index is 0.444. The molecule has 0 amide bonds. The van der Waals surface area contributed by atoms with Gasteiger partial charge in [0.25, 0.3) is 0 Å². The number of aryl methyl sites for hydroxylation is 1. The van der Waals surface area contributed by atoms with Crippen LogP contribution in [0.3, 0.4) is 0 Å². The van der Waals surface area contributed by atoms with Crippen LogP contribution in [0.1, 0.15) is 18.3 Å². The summed E-state index contributed by atoms with van der Waals surface area (Å²) in [6.45, 7) is 4.29. The molecule has 0 spiro atoms. The number of hydrogen-bond donors (Lipinski definition) is 1. The molecule has 6 nitrogen and oxygen atoms in total. The van der Waals surface area contributed by atoms with E-state index in [-0.39, 0.29) is 0 Å². The molecule has 0 saturated carbocycles. The van der Waals surface area contributed by atoms with Crippen molar-refractivity contribution in [2.45, 2.75) is 13.8 Å². The molecular weight excluding hydrogens is 276 g/mol. The highest BCUT2D eigenvalue weighted by Gasteiger charge is 2.08. The average molecular weight is 292 g/mol. The van der Waals surface area contributed by atoms with E-state index in [0.717, 1.165) is 5.56 Å². The Labute approximate surface area is 122 Å². The zero-order chi connectivity index (χ0) is 14.5. The molecule has 0 aliphatic heterocycles. The van der Waals surface area contributed by atoms with E-state index in [9.17, 15) is 0 Å². The van der Waals surface area contributed by atoms with Crippen molar-refractivity contribution in [1.82, 2.24) is 14.9 Å². The minimum Gasteiger partial charge on any atom is -0.493 e. The van der Waals surface area contributed by atoms with Gasteiger partial charge in [-0.1, -0.05) is 6.07 Å². The number of aromatic amines is 1. The molecule has 0 aliphatic carbocycles. The number of rotatable bonds is 5. The van der Waals surface area contributed by atoms with Gasteiger partial charge in [-0.2, -0.15) is 14.9 Å². The molecule has 20 heavy (non-hydrogen) atoms. The molecule has 1 aromatic heterocycles. The Balaban J connectivity index is 2.40. The molecular formula is C13H16N4O2S. The zero-order valence-electron chi connectivity index (χ0n) is 11.6. The molecule has 0 unspecified atom stereocenters. The van der Waals surface area contributed by atoms with E-state index in [4.69, 9.17) is 21.7 Å². The highest BCUT2D eigenvalue weighted by molar-refractivity contribution is 7.71. The van der Waals surface area contributed by atoms with Crippen LogP contribution >= 0.6 is 12.2 Å². The Morgan fingerprint density at radius 2 is 2.30 bits per heavy atom. The van der Waals surface area contributed by atoms with Crippen molar-refractivity contribution >= 4 is 18.4 Å². The maximum atomic E-state index is 5.61. The molecule has 0 radical (unpaired) electrons. The number of para-hydroxylation sites is 1. The number of ether oxygens (including phenoxy) is 2. The number of hydrogen-bond acceptors (Lipinski definition) is 5. The number of nitrogens with zero attached hydrogens (tertiary/aromatic N) is 3. The lowest BCUT2D eigenvalue weighted by Gasteiger charge is -2.11. The Hall–Kier alpha value is -2.15. The molecule has 0 saturated heterocycles. The molecule has 2 aromatic rings. The predicted octanol–water partition coefficient (Wildman–Crippen LogP) is 2.54. The lowest BCUT2D eigenvalue weighted by molar-refractivity contribution is 0.310. The van der Waals surface area contributed by atoms with Crippen LogP contribution in [-0.4, -0.2) is 34.8 Å². The van der Waals surface area contributed by atoms with Gasteiger partial charge in [-0.3, -0.25) is 5.10 Å². The Morgan fingerprint density at radius 1 is 1.50 bits per heavy atom. The highest BCUT2D eigenvalue weighted by atomic mass is 32.1. The lowest BCUT2D eigenvalue weighted by Crippen LogP contribution is -2.00. The van der Waals surface area contributed by atoms with Gasteiger partial charge >= 0.3 is 0 Å². The maximum Gasteiger partial charge on any atom is 0.216 e. The normalized spacial score (nSPS) is 10.9. The van der Waals surface area contributed by atoms with Gasteiger partial charge in [-0.15, -0.1) is 0 Å². The van der Waals surface area contributed by atoms with Crippen molar-refractivity contribution in [3.63, 3.8) is 0 Å². The van der Waals surface area contributed by atoms with Crippen molar-refractivity contribution in [2.24, 2.45) is 5.10 Å². The third kappa shape index (κ3) is 2.88. The molecule has 0 atom stereocenters. The summed E-state index contributed by atoms with van der Waals surface area (Å²) in [5, 5.41) is 11.0. The van der Waals surface area contributed by atoms with Crippen LogP contribution in [0.2, 0.25) is 0 Å². The summed E-state index contributed by atoms with van der Waals surface area (Å²) < 4.78 is 12.9. The molecule has 106 valence electrons. The van der Waals surface area contributed by atoms with E-state index in [1.807, 2.05) is 32.0 Å². The minimum atomic E-state index is 0.444. The summed E-state index contributed by atoms with van der Waals surface area (Å²) in [4.78, 5) is 0. The molecule has 0 bridgehead atoms. The summed E-state index contributed by atoms with van der Waals surface area (Å²) in [5.74, 6) is 2.02. The second kappa shape index (κ2) is 6.33. The SMILES string of the molecule is CCOc1c(/C=N\n2c(C)n[nH]c2=S)cccc1OC. The molecule has 1 aromatic carbocycles. The van der Waals surface area contributed by atoms with Gasteiger partial charge in [-0.05, 0) is 38.2 Å². The predicted molar refractivity (Wildman–Crippen MR) is 79.3 cm³/mol. The maximum absolute atomic E-state index is 5.61. The first-order chi connectivity index (χ1) is 9.67. The lowest BCUT2D eigenvalue weighted by atomic mass is 10.2. The van der Waals surface area contributed by atoms with Crippen LogP contribution in [0.15, 0.2) is 23.3 Å². The summed E-state index contributed by atoms with van der Waals surface area (Å²) in [6.07, 6.45) is 1.67. The molecule has 7 heteroatoms. The largest absolute Gasteiger partial charge is 0.493 e. The van der Waals surface area contributed by atoms with Crippen LogP contribution in [-0.2, 0) is 0 Å². The first-order valence-corrected chi connectivity index (χ1v) is 6.56. The van der Waals surface area contributed by atoms with E-state index in [1.165, 1.54) is 0 Å². The fourth-order valence-corrected chi connectivity index (χ4v) is 1.95. The monoisotopic (exact) mass is 292 g/mol. The van der Waals surface area contributed by atoms with Gasteiger partial charge in [0.15, 0.2) is 11.5 Å². The summed E-state index contributed by atoms with van der Waals surface area (Å²) in [6, 6.07) is 5.62. The summed E-state index contributed by atoms with van der Waals surface area (Å²) in [5.41, 5.74) is 0.814. The molecule has 1 N–H and O–H groups in total. The third-order valence-corrected chi connectivity index (χ3v) is 2.91. The van der Waals surface area contributed by atoms with Gasteiger partial charge in [0, 0.05) is 5.56 Å². The van der Waals surface area contributed by atoms with Crippen LogP contribution in [0.4, 0.5) is 0 Å². The van der Waals surface area contributed by atoms with Crippen molar-refractivity contribution in [3.05, 3.63) is 34.4 Å². The van der Waals surface area contributed by atoms with Crippen LogP contribution in [0.5, 0.6) is 11.5 Å². The second-order valence-corrected chi connectivity index (χ2v) is 4.33. The van der Waals surface area contributed by atoms with Crippen molar-refractivity contribution < 1.29 is 9.47 Å². The number of H-pyrrole nitrogens is 1. The quantitative estimate of drug-likeness (QED) is 0.679. The smallest absolute Gasteiger partial charge is 0.216 e. The van der Waals surface area contributed by atoms with Crippen molar-refractivity contribution in [1.29, 1.82) is 0 Å². The van der Waals surface area contributed by atoms with Crippen molar-refractivity contribution in [3.8, 4) is 11.5 Å². The number of aromatic nitrogens is 3.